The molecule has 23 heavy (non-hydrogen) atoms. The molecule has 1 saturated heterocycles. The Bertz CT molecular complexity index is 715. The summed E-state index contributed by atoms with van der Waals surface area (Å²) in [5, 5.41) is 5.21. The lowest BCUT2D eigenvalue weighted by molar-refractivity contribution is 0.194. The highest BCUT2D eigenvalue weighted by molar-refractivity contribution is 7.71. The first-order valence-corrected chi connectivity index (χ1v) is 8.70. The van der Waals surface area contributed by atoms with E-state index in [2.05, 4.69) is 34.8 Å². The zero-order chi connectivity index (χ0) is 16.4. The molecule has 2 heterocycles. The minimum absolute atomic E-state index is 0.343. The fourth-order valence-corrected chi connectivity index (χ4v) is 3.36. The smallest absolute Gasteiger partial charge is 0.199 e. The van der Waals surface area contributed by atoms with Gasteiger partial charge < -0.3 is 9.47 Å². The molecule has 0 aliphatic carbocycles. The topological polar surface area (TPSA) is 29.2 Å². The van der Waals surface area contributed by atoms with Crippen molar-refractivity contribution in [1.29, 1.82) is 0 Å². The van der Waals surface area contributed by atoms with Crippen molar-refractivity contribution in [2.45, 2.75) is 26.6 Å². The maximum Gasteiger partial charge on any atom is 0.199 e. The molecule has 0 radical (unpaired) electrons. The predicted molar refractivity (Wildman–Crippen MR) is 96.7 cm³/mol. The summed E-state index contributed by atoms with van der Waals surface area (Å²) in [6.07, 6.45) is 1.83. The molecule has 0 bridgehead atoms. The number of piperazine rings is 1. The lowest BCUT2D eigenvalue weighted by atomic mass is 10.2. The van der Waals surface area contributed by atoms with Gasteiger partial charge in [0.2, 0.25) is 0 Å². The molecule has 7 heteroatoms. The molecule has 0 spiro atoms. The maximum absolute atomic E-state index is 6.08. The second kappa shape index (κ2) is 7.03. The van der Waals surface area contributed by atoms with Crippen LogP contribution in [0.2, 0.25) is 5.02 Å². The van der Waals surface area contributed by atoms with Gasteiger partial charge in [0.1, 0.15) is 6.33 Å². The molecule has 0 amide bonds. The third-order valence-electron chi connectivity index (χ3n) is 4.19. The van der Waals surface area contributed by atoms with Gasteiger partial charge in [-0.2, -0.15) is 5.10 Å². The van der Waals surface area contributed by atoms with Gasteiger partial charge in [-0.05, 0) is 44.3 Å². The van der Waals surface area contributed by atoms with Crippen LogP contribution < -0.4 is 4.90 Å². The average molecular weight is 352 g/mol. The Kier molecular flexibility index (Phi) is 5.04. The van der Waals surface area contributed by atoms with Gasteiger partial charge in [-0.15, -0.1) is 0 Å². The van der Waals surface area contributed by atoms with Crippen LogP contribution in [0.1, 0.15) is 19.9 Å². The van der Waals surface area contributed by atoms with E-state index in [1.807, 2.05) is 33.8 Å². The Hall–Kier alpha value is -1.37. The van der Waals surface area contributed by atoms with E-state index in [0.717, 1.165) is 42.6 Å². The molecule has 1 fully saturated rings. The number of rotatable bonds is 4. The minimum atomic E-state index is 0.343. The molecule has 1 aliphatic rings. The summed E-state index contributed by atoms with van der Waals surface area (Å²) < 4.78 is 4.72. The van der Waals surface area contributed by atoms with Crippen molar-refractivity contribution in [3.8, 4) is 0 Å². The third-order valence-corrected chi connectivity index (χ3v) is 4.85. The van der Waals surface area contributed by atoms with E-state index in [1.165, 1.54) is 5.69 Å². The SMILES string of the molecule is CC(C)n1cnn(CN2CCN(c3cccc(Cl)c3)CC2)c1=S. The summed E-state index contributed by atoms with van der Waals surface area (Å²) in [6, 6.07) is 8.39. The van der Waals surface area contributed by atoms with Crippen LogP contribution in [-0.4, -0.2) is 45.4 Å². The van der Waals surface area contributed by atoms with Crippen LogP contribution in [0, 0.1) is 4.77 Å². The van der Waals surface area contributed by atoms with Crippen LogP contribution in [0.15, 0.2) is 30.6 Å². The Morgan fingerprint density at radius 2 is 1.96 bits per heavy atom. The number of aromatic nitrogens is 3. The van der Waals surface area contributed by atoms with Gasteiger partial charge in [0.25, 0.3) is 0 Å². The van der Waals surface area contributed by atoms with Crippen LogP contribution >= 0.6 is 23.8 Å². The molecular formula is C16H22ClN5S. The average Bonchev–Trinajstić information content (AvgIpc) is 2.89. The first-order chi connectivity index (χ1) is 11.0. The fourth-order valence-electron chi connectivity index (χ4n) is 2.81. The van der Waals surface area contributed by atoms with Crippen molar-refractivity contribution < 1.29 is 0 Å². The van der Waals surface area contributed by atoms with Gasteiger partial charge in [-0.1, -0.05) is 17.7 Å². The summed E-state index contributed by atoms with van der Waals surface area (Å²) in [6.45, 7) is 8.93. The molecule has 1 aliphatic heterocycles. The molecule has 5 nitrogen and oxygen atoms in total. The van der Waals surface area contributed by atoms with Crippen LogP contribution in [0.5, 0.6) is 0 Å². The van der Waals surface area contributed by atoms with Gasteiger partial charge in [-0.25, -0.2) is 4.68 Å². The van der Waals surface area contributed by atoms with E-state index in [4.69, 9.17) is 23.8 Å². The van der Waals surface area contributed by atoms with Crippen LogP contribution in [0.4, 0.5) is 5.69 Å². The van der Waals surface area contributed by atoms with E-state index in [-0.39, 0.29) is 0 Å². The fraction of sp³-hybridized carbons (Fsp3) is 0.500. The molecule has 2 aromatic rings. The Balaban J connectivity index is 1.60. The predicted octanol–water partition coefficient (Wildman–Crippen LogP) is 3.43. The lowest BCUT2D eigenvalue weighted by Gasteiger charge is -2.35. The maximum atomic E-state index is 6.08. The van der Waals surface area contributed by atoms with E-state index in [0.29, 0.717) is 6.04 Å². The van der Waals surface area contributed by atoms with Gasteiger partial charge in [0.15, 0.2) is 4.77 Å². The minimum Gasteiger partial charge on any atom is -0.369 e. The number of anilines is 1. The Morgan fingerprint density at radius 1 is 1.22 bits per heavy atom. The van der Waals surface area contributed by atoms with Crippen molar-refractivity contribution >= 4 is 29.5 Å². The highest BCUT2D eigenvalue weighted by atomic mass is 35.5. The molecule has 0 saturated carbocycles. The van der Waals surface area contributed by atoms with Crippen molar-refractivity contribution in [2.75, 3.05) is 31.1 Å². The molecular weight excluding hydrogens is 330 g/mol. The van der Waals surface area contributed by atoms with Crippen LogP contribution in [-0.2, 0) is 6.67 Å². The van der Waals surface area contributed by atoms with Crippen molar-refractivity contribution in [1.82, 2.24) is 19.2 Å². The van der Waals surface area contributed by atoms with E-state index < -0.39 is 0 Å². The molecule has 124 valence electrons. The van der Waals surface area contributed by atoms with E-state index in [9.17, 15) is 0 Å². The highest BCUT2D eigenvalue weighted by Crippen LogP contribution is 2.20. The van der Waals surface area contributed by atoms with Gasteiger partial charge in [0, 0.05) is 42.9 Å². The highest BCUT2D eigenvalue weighted by Gasteiger charge is 2.18. The quantitative estimate of drug-likeness (QED) is 0.789. The molecule has 1 aromatic carbocycles. The Morgan fingerprint density at radius 3 is 2.57 bits per heavy atom. The number of benzene rings is 1. The third kappa shape index (κ3) is 3.76. The zero-order valence-corrected chi connectivity index (χ0v) is 15.1. The van der Waals surface area contributed by atoms with Crippen LogP contribution in [0.3, 0.4) is 0 Å². The number of hydrogen-bond donors (Lipinski definition) is 0. The van der Waals surface area contributed by atoms with E-state index >= 15 is 0 Å². The first kappa shape index (κ1) is 16.5. The van der Waals surface area contributed by atoms with E-state index in [1.54, 1.807) is 0 Å². The second-order valence-electron chi connectivity index (χ2n) is 6.14. The van der Waals surface area contributed by atoms with Gasteiger partial charge in [0.05, 0.1) is 6.67 Å². The molecule has 3 rings (SSSR count). The summed E-state index contributed by atoms with van der Waals surface area (Å²) in [4.78, 5) is 4.75. The lowest BCUT2D eigenvalue weighted by Crippen LogP contribution is -2.47. The monoisotopic (exact) mass is 351 g/mol. The largest absolute Gasteiger partial charge is 0.369 e. The normalized spacial score (nSPS) is 16.3. The number of hydrogen-bond acceptors (Lipinski definition) is 4. The van der Waals surface area contributed by atoms with Crippen LogP contribution in [0.25, 0.3) is 0 Å². The molecule has 0 atom stereocenters. The van der Waals surface area contributed by atoms with Crippen molar-refractivity contribution in [2.24, 2.45) is 0 Å². The van der Waals surface area contributed by atoms with Gasteiger partial charge >= 0.3 is 0 Å². The summed E-state index contributed by atoms with van der Waals surface area (Å²) >= 11 is 11.6. The summed E-state index contributed by atoms with van der Waals surface area (Å²) in [5.74, 6) is 0. The molecule has 0 N–H and O–H groups in total. The summed E-state index contributed by atoms with van der Waals surface area (Å²) in [7, 11) is 0. The van der Waals surface area contributed by atoms with Gasteiger partial charge in [-0.3, -0.25) is 4.90 Å². The first-order valence-electron chi connectivity index (χ1n) is 7.91. The molecule has 1 aromatic heterocycles. The standard InChI is InChI=1S/C16H22ClN5S/c1-13(2)21-11-18-22(16(21)23)12-19-6-8-20(9-7-19)15-5-3-4-14(17)10-15/h3-5,10-11,13H,6-9,12H2,1-2H3. The summed E-state index contributed by atoms with van der Waals surface area (Å²) in [5.41, 5.74) is 1.19. The zero-order valence-electron chi connectivity index (χ0n) is 13.5. The van der Waals surface area contributed by atoms with Crippen molar-refractivity contribution in [3.63, 3.8) is 0 Å². The van der Waals surface area contributed by atoms with Crippen molar-refractivity contribution in [3.05, 3.63) is 40.4 Å². The number of halogens is 1. The Labute approximate surface area is 147 Å². The number of nitrogens with zero attached hydrogens (tertiary/aromatic N) is 5. The molecule has 0 unspecified atom stereocenters. The second-order valence-corrected chi connectivity index (χ2v) is 6.94.